The maximum absolute atomic E-state index is 12.1. The summed E-state index contributed by atoms with van der Waals surface area (Å²) in [5.41, 5.74) is -0.0115. The second-order valence-corrected chi connectivity index (χ2v) is 6.17. The van der Waals surface area contributed by atoms with Crippen molar-refractivity contribution < 1.29 is 49.2 Å². The molecule has 30 heavy (non-hydrogen) atoms. The maximum Gasteiger partial charge on any atom is 0.326 e. The first-order valence-corrected chi connectivity index (χ1v) is 8.62. The van der Waals surface area contributed by atoms with E-state index in [2.05, 4.69) is 10.6 Å². The number of carboxylic acid groups (broad SMARTS) is 4. The number of carboxylic acids is 4. The maximum atomic E-state index is 12.1. The minimum Gasteiger partial charge on any atom is -0.481 e. The van der Waals surface area contributed by atoms with Crippen molar-refractivity contribution in [3.63, 3.8) is 0 Å². The van der Waals surface area contributed by atoms with Gasteiger partial charge in [0.15, 0.2) is 0 Å². The zero-order valence-electron chi connectivity index (χ0n) is 15.5. The summed E-state index contributed by atoms with van der Waals surface area (Å²) in [6.07, 6.45) is -1.54. The lowest BCUT2D eigenvalue weighted by Crippen LogP contribution is -2.41. The van der Waals surface area contributed by atoms with Crippen molar-refractivity contribution >= 4 is 35.7 Å². The average molecular weight is 424 g/mol. The Morgan fingerprint density at radius 1 is 0.633 bits per heavy atom. The number of nitrogens with one attached hydrogen (secondary N) is 2. The predicted molar refractivity (Wildman–Crippen MR) is 98.0 cm³/mol. The molecule has 1 rings (SSSR count). The van der Waals surface area contributed by atoms with Crippen molar-refractivity contribution in [1.82, 2.24) is 10.6 Å². The van der Waals surface area contributed by atoms with E-state index in [4.69, 9.17) is 20.4 Å². The van der Waals surface area contributed by atoms with Crippen molar-refractivity contribution in [2.75, 3.05) is 0 Å². The molecule has 0 radical (unpaired) electrons. The van der Waals surface area contributed by atoms with E-state index >= 15 is 0 Å². The second-order valence-electron chi connectivity index (χ2n) is 6.17. The van der Waals surface area contributed by atoms with Crippen LogP contribution in [0.4, 0.5) is 0 Å². The lowest BCUT2D eigenvalue weighted by Gasteiger charge is -2.15. The van der Waals surface area contributed by atoms with Gasteiger partial charge in [0.25, 0.3) is 11.8 Å². The number of carbonyl (C=O) groups is 6. The average Bonchev–Trinajstić information content (AvgIpc) is 2.67. The largest absolute Gasteiger partial charge is 0.481 e. The third-order valence-electron chi connectivity index (χ3n) is 3.91. The predicted octanol–water partition coefficient (Wildman–Crippen LogP) is -0.218. The van der Waals surface area contributed by atoms with Gasteiger partial charge < -0.3 is 31.1 Å². The molecule has 0 aliphatic carbocycles. The Hall–Kier alpha value is -3.96. The molecule has 0 aromatic heterocycles. The Morgan fingerprint density at radius 3 is 1.17 bits per heavy atom. The summed E-state index contributed by atoms with van der Waals surface area (Å²) in [4.78, 5) is 67.7. The van der Waals surface area contributed by atoms with Crippen molar-refractivity contribution in [2.24, 2.45) is 0 Å². The van der Waals surface area contributed by atoms with Crippen LogP contribution in [0.1, 0.15) is 46.4 Å². The third kappa shape index (κ3) is 7.96. The van der Waals surface area contributed by atoms with Gasteiger partial charge in [-0.05, 0) is 37.1 Å². The molecule has 162 valence electrons. The van der Waals surface area contributed by atoms with Gasteiger partial charge in [0.1, 0.15) is 12.1 Å². The molecule has 0 aliphatic heterocycles. The van der Waals surface area contributed by atoms with E-state index in [1.54, 1.807) is 0 Å². The third-order valence-corrected chi connectivity index (χ3v) is 3.91. The normalized spacial score (nSPS) is 12.3. The van der Waals surface area contributed by atoms with E-state index in [1.807, 2.05) is 0 Å². The van der Waals surface area contributed by atoms with E-state index in [-0.39, 0.29) is 24.0 Å². The first kappa shape index (κ1) is 24.1. The molecule has 6 N–H and O–H groups in total. The minimum atomic E-state index is -1.41. The molecule has 0 spiro atoms. The summed E-state index contributed by atoms with van der Waals surface area (Å²) in [6.45, 7) is 0. The molecule has 12 nitrogen and oxygen atoms in total. The highest BCUT2D eigenvalue weighted by Crippen LogP contribution is 2.08. The number of hydrogen-bond acceptors (Lipinski definition) is 6. The number of carbonyl (C=O) groups excluding carboxylic acids is 2. The Balaban J connectivity index is 2.78. The van der Waals surface area contributed by atoms with Crippen LogP contribution in [0.3, 0.4) is 0 Å². The van der Waals surface area contributed by atoms with Gasteiger partial charge in [-0.2, -0.15) is 0 Å². The van der Waals surface area contributed by atoms with Crippen LogP contribution in [-0.4, -0.2) is 68.2 Å². The van der Waals surface area contributed by atoms with Gasteiger partial charge in [-0.3, -0.25) is 19.2 Å². The number of benzene rings is 1. The fraction of sp³-hybridized carbons (Fsp3) is 0.333. The molecular weight excluding hydrogens is 404 g/mol. The van der Waals surface area contributed by atoms with Crippen LogP contribution in [0.5, 0.6) is 0 Å². The Morgan fingerprint density at radius 2 is 0.933 bits per heavy atom. The van der Waals surface area contributed by atoms with Crippen LogP contribution in [0.25, 0.3) is 0 Å². The molecule has 0 aliphatic rings. The number of rotatable bonds is 12. The Bertz CT molecular complexity index is 765. The highest BCUT2D eigenvalue weighted by atomic mass is 16.4. The summed E-state index contributed by atoms with van der Waals surface area (Å²) < 4.78 is 0. The molecule has 2 unspecified atom stereocenters. The van der Waals surface area contributed by atoms with Gasteiger partial charge in [-0.1, -0.05) is 0 Å². The molecule has 12 heteroatoms. The Kier molecular flexibility index (Phi) is 8.94. The SMILES string of the molecule is O=C(O)CCC(NC(=O)c1ccc(C(=O)NC(CCC(=O)O)C(=O)O)cc1)C(=O)O. The molecule has 0 heterocycles. The molecule has 0 saturated carbocycles. The van der Waals surface area contributed by atoms with Crippen LogP contribution in [0, 0.1) is 0 Å². The zero-order valence-corrected chi connectivity index (χ0v) is 15.5. The zero-order chi connectivity index (χ0) is 22.8. The second kappa shape index (κ2) is 11.1. The summed E-state index contributed by atoms with van der Waals surface area (Å²) in [6, 6.07) is 1.98. The van der Waals surface area contributed by atoms with Crippen LogP contribution in [0.15, 0.2) is 24.3 Å². The summed E-state index contributed by atoms with van der Waals surface area (Å²) >= 11 is 0. The van der Waals surface area contributed by atoms with Crippen LogP contribution >= 0.6 is 0 Å². The molecule has 1 aromatic rings. The highest BCUT2D eigenvalue weighted by Gasteiger charge is 2.23. The van der Waals surface area contributed by atoms with E-state index in [0.717, 1.165) is 0 Å². The standard InChI is InChI=1S/C18H20N2O10/c21-13(22)7-5-11(17(27)28)19-15(25)9-1-2-10(4-3-9)16(26)20-12(18(29)30)6-8-14(23)24/h1-4,11-12H,5-8H2,(H,19,25)(H,20,26)(H,21,22)(H,23,24)(H,27,28)(H,29,30). The van der Waals surface area contributed by atoms with Gasteiger partial charge >= 0.3 is 23.9 Å². The van der Waals surface area contributed by atoms with Crippen LogP contribution in [-0.2, 0) is 19.2 Å². The Labute approximate surface area is 169 Å². The van der Waals surface area contributed by atoms with Crippen LogP contribution in [0.2, 0.25) is 0 Å². The lowest BCUT2D eigenvalue weighted by atomic mass is 10.1. The molecular formula is C18H20N2O10. The van der Waals surface area contributed by atoms with Crippen LogP contribution < -0.4 is 10.6 Å². The quantitative estimate of drug-likeness (QED) is 0.260. The van der Waals surface area contributed by atoms with Crippen molar-refractivity contribution in [3.05, 3.63) is 35.4 Å². The molecule has 0 fully saturated rings. The minimum absolute atomic E-state index is 0.00575. The summed E-state index contributed by atoms with van der Waals surface area (Å²) in [7, 11) is 0. The highest BCUT2D eigenvalue weighted by molar-refractivity contribution is 6.00. The fourth-order valence-corrected chi connectivity index (χ4v) is 2.31. The number of hydrogen-bond donors (Lipinski definition) is 6. The van der Waals surface area contributed by atoms with Gasteiger partial charge in [0.05, 0.1) is 0 Å². The molecule has 0 saturated heterocycles. The van der Waals surface area contributed by atoms with Crippen molar-refractivity contribution in [3.8, 4) is 0 Å². The first-order chi connectivity index (χ1) is 14.0. The number of amides is 2. The molecule has 0 bridgehead atoms. The van der Waals surface area contributed by atoms with Crippen molar-refractivity contribution in [2.45, 2.75) is 37.8 Å². The fourth-order valence-electron chi connectivity index (χ4n) is 2.31. The van der Waals surface area contributed by atoms with E-state index in [0.29, 0.717) is 0 Å². The van der Waals surface area contributed by atoms with E-state index in [1.165, 1.54) is 24.3 Å². The first-order valence-electron chi connectivity index (χ1n) is 8.62. The van der Waals surface area contributed by atoms with Crippen molar-refractivity contribution in [1.29, 1.82) is 0 Å². The van der Waals surface area contributed by atoms with Gasteiger partial charge in [-0.15, -0.1) is 0 Å². The van der Waals surface area contributed by atoms with Gasteiger partial charge in [0.2, 0.25) is 0 Å². The monoisotopic (exact) mass is 424 g/mol. The molecule has 2 atom stereocenters. The van der Waals surface area contributed by atoms with E-state index < -0.39 is 60.6 Å². The topological polar surface area (TPSA) is 207 Å². The smallest absolute Gasteiger partial charge is 0.326 e. The lowest BCUT2D eigenvalue weighted by molar-refractivity contribution is -0.142. The van der Waals surface area contributed by atoms with E-state index in [9.17, 15) is 28.8 Å². The van der Waals surface area contributed by atoms with Gasteiger partial charge in [-0.25, -0.2) is 9.59 Å². The van der Waals surface area contributed by atoms with Gasteiger partial charge in [0, 0.05) is 24.0 Å². The summed E-state index contributed by atoms with van der Waals surface area (Å²) in [5, 5.41) is 39.7. The summed E-state index contributed by atoms with van der Waals surface area (Å²) in [5.74, 6) is -6.83. The molecule has 2 amide bonds. The number of aliphatic carboxylic acids is 4. The molecule has 1 aromatic carbocycles.